The molecule has 0 heterocycles. The average Bonchev–Trinajstić information content (AvgIpc) is 2.48. The number of ether oxygens (including phenoxy) is 1. The molecule has 1 atom stereocenters. The molecule has 0 spiro atoms. The maximum absolute atomic E-state index is 11.8. The van der Waals surface area contributed by atoms with Crippen LogP contribution < -0.4 is 5.73 Å². The van der Waals surface area contributed by atoms with Gasteiger partial charge in [-0.1, -0.05) is 42.5 Å². The minimum atomic E-state index is -0.942. The van der Waals surface area contributed by atoms with Crippen molar-refractivity contribution in [1.82, 2.24) is 0 Å². The number of rotatable bonds is 4. The third kappa shape index (κ3) is 4.96. The van der Waals surface area contributed by atoms with Gasteiger partial charge in [0.15, 0.2) is 0 Å². The Bertz CT molecular complexity index is 646. The Labute approximate surface area is 150 Å². The number of esters is 2. The molecule has 0 saturated heterocycles. The topological polar surface area (TPSA) is 89.6 Å². The molecule has 0 unspecified atom stereocenters. The van der Waals surface area contributed by atoms with Crippen molar-refractivity contribution in [2.24, 2.45) is 5.73 Å². The monoisotopic (exact) mass is 309 g/mol. The van der Waals surface area contributed by atoms with Crippen LogP contribution in [0.25, 0.3) is 0 Å². The van der Waals surface area contributed by atoms with Gasteiger partial charge in [-0.3, -0.25) is 0 Å². The molecule has 2 rings (SSSR count). The molecule has 2 aromatic rings. The maximum atomic E-state index is 11.8. The van der Waals surface area contributed by atoms with E-state index in [0.717, 1.165) is 5.56 Å². The number of hydrogen-bond donors (Lipinski definition) is 2. The molecule has 2 aromatic carbocycles. The molecular formula is C16H16NNaO4. The van der Waals surface area contributed by atoms with Crippen molar-refractivity contribution >= 4 is 41.5 Å². The van der Waals surface area contributed by atoms with Crippen LogP contribution in [0.1, 0.15) is 15.9 Å². The molecule has 0 bridgehead atoms. The molecule has 0 saturated carbocycles. The van der Waals surface area contributed by atoms with Crippen LogP contribution in [-0.2, 0) is 16.0 Å². The van der Waals surface area contributed by atoms with Crippen molar-refractivity contribution in [2.75, 3.05) is 0 Å². The molecular weight excluding hydrogens is 293 g/mol. The number of nitrogens with two attached hydrogens (primary N) is 1. The Morgan fingerprint density at radius 3 is 2.27 bits per heavy atom. The zero-order valence-corrected chi connectivity index (χ0v) is 11.2. The van der Waals surface area contributed by atoms with E-state index >= 15 is 0 Å². The van der Waals surface area contributed by atoms with Crippen LogP contribution in [0, 0.1) is 0 Å². The van der Waals surface area contributed by atoms with Crippen LogP contribution in [-0.4, -0.2) is 52.6 Å². The van der Waals surface area contributed by atoms with E-state index in [2.05, 4.69) is 4.74 Å². The molecule has 3 N–H and O–H groups in total. The van der Waals surface area contributed by atoms with E-state index in [9.17, 15) is 14.7 Å². The van der Waals surface area contributed by atoms with E-state index in [0.29, 0.717) is 0 Å². The summed E-state index contributed by atoms with van der Waals surface area (Å²) >= 11 is 0. The first-order chi connectivity index (χ1) is 10.1. The Morgan fingerprint density at radius 1 is 1.05 bits per heavy atom. The third-order valence-corrected chi connectivity index (χ3v) is 2.92. The second-order valence-electron chi connectivity index (χ2n) is 4.52. The van der Waals surface area contributed by atoms with Crippen LogP contribution in [0.4, 0.5) is 0 Å². The fraction of sp³-hybridized carbons (Fsp3) is 0.125. The Balaban J connectivity index is 0.00000242. The van der Waals surface area contributed by atoms with Gasteiger partial charge in [0.05, 0.1) is 0 Å². The number of benzene rings is 2. The van der Waals surface area contributed by atoms with Crippen LogP contribution in [0.15, 0.2) is 54.6 Å². The van der Waals surface area contributed by atoms with Gasteiger partial charge in [0, 0.05) is 0 Å². The Kier molecular flexibility index (Phi) is 7.27. The molecule has 5 nitrogen and oxygen atoms in total. The molecule has 0 aromatic heterocycles. The number of phenols is 1. The fourth-order valence-corrected chi connectivity index (χ4v) is 1.82. The SMILES string of the molecule is N[C@@H](Cc1ccccc1)C(=O)OC(=O)c1ccccc1O.[NaH]. The number of hydrogen-bond acceptors (Lipinski definition) is 5. The van der Waals surface area contributed by atoms with E-state index in [4.69, 9.17) is 5.73 Å². The summed E-state index contributed by atoms with van der Waals surface area (Å²) in [6.45, 7) is 0. The number of para-hydroxylation sites is 1. The summed E-state index contributed by atoms with van der Waals surface area (Å²) in [5, 5.41) is 9.52. The van der Waals surface area contributed by atoms with Crippen molar-refractivity contribution in [3.8, 4) is 5.75 Å². The van der Waals surface area contributed by atoms with E-state index in [1.807, 2.05) is 30.3 Å². The summed E-state index contributed by atoms with van der Waals surface area (Å²) in [7, 11) is 0. The molecule has 22 heavy (non-hydrogen) atoms. The van der Waals surface area contributed by atoms with Crippen molar-refractivity contribution in [1.29, 1.82) is 0 Å². The van der Waals surface area contributed by atoms with Gasteiger partial charge in [0.25, 0.3) is 0 Å². The predicted molar refractivity (Wildman–Crippen MR) is 83.8 cm³/mol. The molecule has 0 amide bonds. The van der Waals surface area contributed by atoms with Gasteiger partial charge >= 0.3 is 41.5 Å². The summed E-state index contributed by atoms with van der Waals surface area (Å²) in [4.78, 5) is 23.6. The van der Waals surface area contributed by atoms with Gasteiger partial charge < -0.3 is 15.6 Å². The third-order valence-electron chi connectivity index (χ3n) is 2.92. The predicted octanol–water partition coefficient (Wildman–Crippen LogP) is 0.997. The molecule has 0 fully saturated rings. The minimum absolute atomic E-state index is 0. The van der Waals surface area contributed by atoms with E-state index in [1.54, 1.807) is 12.1 Å². The first kappa shape index (κ1) is 18.4. The van der Waals surface area contributed by atoms with Gasteiger partial charge in [-0.25, -0.2) is 9.59 Å². The quantitative estimate of drug-likeness (QED) is 0.499. The molecule has 110 valence electrons. The van der Waals surface area contributed by atoms with Crippen LogP contribution in [0.5, 0.6) is 5.75 Å². The zero-order valence-electron chi connectivity index (χ0n) is 11.2. The second kappa shape index (κ2) is 8.70. The summed E-state index contributed by atoms with van der Waals surface area (Å²) in [5.74, 6) is -1.99. The number of aromatic hydroxyl groups is 1. The van der Waals surface area contributed by atoms with Crippen LogP contribution in [0.3, 0.4) is 0 Å². The van der Waals surface area contributed by atoms with Crippen LogP contribution >= 0.6 is 0 Å². The number of phenolic OH excluding ortho intramolecular Hbond substituents is 1. The van der Waals surface area contributed by atoms with Gasteiger partial charge in [-0.05, 0) is 24.1 Å². The molecule has 0 aliphatic rings. The number of carbonyl (C=O) groups excluding carboxylic acids is 2. The van der Waals surface area contributed by atoms with Crippen molar-refractivity contribution in [3.63, 3.8) is 0 Å². The van der Waals surface area contributed by atoms with Crippen molar-refractivity contribution in [2.45, 2.75) is 12.5 Å². The molecule has 6 heteroatoms. The summed E-state index contributed by atoms with van der Waals surface area (Å²) in [5.41, 5.74) is 6.53. The average molecular weight is 309 g/mol. The Hall–Kier alpha value is -1.66. The Morgan fingerprint density at radius 2 is 1.64 bits per heavy atom. The van der Waals surface area contributed by atoms with Crippen LogP contribution in [0.2, 0.25) is 0 Å². The zero-order chi connectivity index (χ0) is 15.2. The molecule has 0 radical (unpaired) electrons. The van der Waals surface area contributed by atoms with Gasteiger partial charge in [0.2, 0.25) is 0 Å². The van der Waals surface area contributed by atoms with Crippen molar-refractivity contribution in [3.05, 3.63) is 65.7 Å². The van der Waals surface area contributed by atoms with E-state index < -0.39 is 18.0 Å². The first-order valence-corrected chi connectivity index (χ1v) is 6.41. The number of carbonyl (C=O) groups is 2. The van der Waals surface area contributed by atoms with Gasteiger partial charge in [0.1, 0.15) is 17.4 Å². The molecule has 0 aliphatic heterocycles. The van der Waals surface area contributed by atoms with E-state index in [1.165, 1.54) is 12.1 Å². The first-order valence-electron chi connectivity index (χ1n) is 6.41. The summed E-state index contributed by atoms with van der Waals surface area (Å²) in [6, 6.07) is 14.1. The molecule has 0 aliphatic carbocycles. The van der Waals surface area contributed by atoms with E-state index in [-0.39, 0.29) is 47.3 Å². The second-order valence-corrected chi connectivity index (χ2v) is 4.52. The van der Waals surface area contributed by atoms with Gasteiger partial charge in [-0.2, -0.15) is 0 Å². The standard InChI is InChI=1S/C16H15NO4.Na.H/c17-13(10-11-6-2-1-3-7-11)16(20)21-15(19)12-8-4-5-9-14(12)18;;/h1-9,13,18H,10,17H2;;/t13-;;/m0../s1. The normalized spacial score (nSPS) is 11.1. The van der Waals surface area contributed by atoms with Gasteiger partial charge in [-0.15, -0.1) is 0 Å². The summed E-state index contributed by atoms with van der Waals surface area (Å²) < 4.78 is 4.69. The summed E-state index contributed by atoms with van der Waals surface area (Å²) in [6.07, 6.45) is 0.272. The van der Waals surface area contributed by atoms with Crippen molar-refractivity contribution < 1.29 is 19.4 Å². The fourth-order valence-electron chi connectivity index (χ4n) is 1.82.